The molecule has 3 rings (SSSR count). The molecule has 1 aromatic rings. The van der Waals surface area contributed by atoms with Crippen molar-refractivity contribution in [2.75, 3.05) is 0 Å². The van der Waals surface area contributed by atoms with Crippen molar-refractivity contribution in [2.45, 2.75) is 110 Å². The largest absolute Gasteiger partial charge is 0.0654 e. The summed E-state index contributed by atoms with van der Waals surface area (Å²) in [4.78, 5) is 0. The van der Waals surface area contributed by atoms with Crippen LogP contribution >= 0.6 is 0 Å². The van der Waals surface area contributed by atoms with Gasteiger partial charge in [-0.2, -0.15) is 0 Å². The Hall–Kier alpha value is -0.780. The zero-order valence-corrected chi connectivity index (χ0v) is 18.4. The lowest BCUT2D eigenvalue weighted by molar-refractivity contribution is 0.130. The molecule has 3 atom stereocenters. The molecule has 27 heavy (non-hydrogen) atoms. The van der Waals surface area contributed by atoms with Gasteiger partial charge in [0.1, 0.15) is 0 Å². The molecule has 0 saturated heterocycles. The summed E-state index contributed by atoms with van der Waals surface area (Å²) in [6, 6.07) is 9.75. The molecule has 152 valence electrons. The number of hydrogen-bond donors (Lipinski definition) is 0. The Morgan fingerprint density at radius 1 is 0.778 bits per heavy atom. The maximum absolute atomic E-state index is 2.54. The monoisotopic (exact) mass is 368 g/mol. The maximum Gasteiger partial charge on any atom is -0.0136 e. The summed E-state index contributed by atoms with van der Waals surface area (Å²) in [5, 5.41) is 0. The van der Waals surface area contributed by atoms with Gasteiger partial charge in [-0.1, -0.05) is 83.6 Å². The second-order valence-corrected chi connectivity index (χ2v) is 9.93. The predicted octanol–water partition coefficient (Wildman–Crippen LogP) is 8.55. The van der Waals surface area contributed by atoms with Gasteiger partial charge < -0.3 is 0 Å². The molecule has 0 N–H and O–H groups in total. The first kappa shape index (κ1) is 20.9. The van der Waals surface area contributed by atoms with E-state index in [-0.39, 0.29) is 0 Å². The van der Waals surface area contributed by atoms with E-state index in [1.54, 1.807) is 5.56 Å². The molecule has 0 aliphatic heterocycles. The van der Waals surface area contributed by atoms with E-state index in [1.807, 2.05) is 0 Å². The standard InChI is InChI=1S/C27H44/c1-4-6-7-9-23-12-16-25(17-13-23)27-19-18-26(20-21(27)3)24-14-10-22(8-5-2)11-15-24/h12-13,16-17,21-22,24,26-27H,4-11,14-15,18-20H2,1-3H3/t21-,22?,24?,26?,27-/m1/s1. The van der Waals surface area contributed by atoms with Gasteiger partial charge in [0.2, 0.25) is 0 Å². The van der Waals surface area contributed by atoms with E-state index in [2.05, 4.69) is 45.0 Å². The number of rotatable bonds is 8. The molecule has 0 heteroatoms. The summed E-state index contributed by atoms with van der Waals surface area (Å²) in [7, 11) is 0. The lowest BCUT2D eigenvalue weighted by Gasteiger charge is -2.41. The Bertz CT molecular complexity index is 519. The minimum atomic E-state index is 0.808. The zero-order chi connectivity index (χ0) is 19.1. The number of aryl methyl sites for hydroxylation is 1. The van der Waals surface area contributed by atoms with Crippen molar-refractivity contribution in [1.29, 1.82) is 0 Å². The molecule has 0 amide bonds. The molecular weight excluding hydrogens is 324 g/mol. The molecule has 0 nitrogen and oxygen atoms in total. The zero-order valence-electron chi connectivity index (χ0n) is 18.4. The van der Waals surface area contributed by atoms with Gasteiger partial charge in [-0.05, 0) is 85.7 Å². The smallest absolute Gasteiger partial charge is 0.0136 e. The van der Waals surface area contributed by atoms with E-state index < -0.39 is 0 Å². The molecule has 1 aromatic carbocycles. The van der Waals surface area contributed by atoms with E-state index in [0.717, 1.165) is 29.6 Å². The third kappa shape index (κ3) is 5.85. The van der Waals surface area contributed by atoms with E-state index in [4.69, 9.17) is 0 Å². The van der Waals surface area contributed by atoms with Crippen LogP contribution < -0.4 is 0 Å². The van der Waals surface area contributed by atoms with Crippen LogP contribution in [0.5, 0.6) is 0 Å². The first-order chi connectivity index (χ1) is 13.2. The lowest BCUT2D eigenvalue weighted by Crippen LogP contribution is -2.29. The van der Waals surface area contributed by atoms with Crippen LogP contribution in [0.15, 0.2) is 24.3 Å². The highest BCUT2D eigenvalue weighted by atomic mass is 14.4. The molecule has 0 spiro atoms. The molecule has 0 aromatic heterocycles. The van der Waals surface area contributed by atoms with Gasteiger partial charge in [0.15, 0.2) is 0 Å². The second-order valence-electron chi connectivity index (χ2n) is 9.93. The topological polar surface area (TPSA) is 0 Å². The van der Waals surface area contributed by atoms with Crippen LogP contribution in [-0.2, 0) is 6.42 Å². The number of hydrogen-bond acceptors (Lipinski definition) is 0. The average molecular weight is 369 g/mol. The van der Waals surface area contributed by atoms with Gasteiger partial charge in [0, 0.05) is 0 Å². The normalized spacial score (nSPS) is 31.7. The highest BCUT2D eigenvalue weighted by Gasteiger charge is 2.34. The van der Waals surface area contributed by atoms with Crippen molar-refractivity contribution >= 4 is 0 Å². The van der Waals surface area contributed by atoms with Gasteiger partial charge in [-0.25, -0.2) is 0 Å². The maximum atomic E-state index is 2.54. The van der Waals surface area contributed by atoms with E-state index in [9.17, 15) is 0 Å². The summed E-state index contributed by atoms with van der Waals surface area (Å²) in [5.74, 6) is 4.79. The highest BCUT2D eigenvalue weighted by molar-refractivity contribution is 5.26. The highest BCUT2D eigenvalue weighted by Crippen LogP contribution is 2.46. The van der Waals surface area contributed by atoms with Crippen molar-refractivity contribution in [1.82, 2.24) is 0 Å². The van der Waals surface area contributed by atoms with Gasteiger partial charge in [-0.3, -0.25) is 0 Å². The number of unbranched alkanes of at least 4 members (excludes halogenated alkanes) is 2. The summed E-state index contributed by atoms with van der Waals surface area (Å²) in [6.45, 7) is 7.18. The first-order valence-corrected chi connectivity index (χ1v) is 12.3. The van der Waals surface area contributed by atoms with Crippen LogP contribution in [-0.4, -0.2) is 0 Å². The van der Waals surface area contributed by atoms with Gasteiger partial charge in [-0.15, -0.1) is 0 Å². The van der Waals surface area contributed by atoms with Crippen molar-refractivity contribution in [3.8, 4) is 0 Å². The minimum Gasteiger partial charge on any atom is -0.0654 e. The van der Waals surface area contributed by atoms with Crippen molar-refractivity contribution in [3.63, 3.8) is 0 Å². The SMILES string of the molecule is CCCCCc1ccc([C@@H]2CCC(C3CCC(CCC)CC3)C[C@H]2C)cc1. The molecule has 2 aliphatic carbocycles. The molecule has 0 heterocycles. The fraction of sp³-hybridized carbons (Fsp3) is 0.778. The number of benzene rings is 1. The second kappa shape index (κ2) is 10.7. The van der Waals surface area contributed by atoms with Gasteiger partial charge in [0.05, 0.1) is 0 Å². The summed E-state index contributed by atoms with van der Waals surface area (Å²) in [5.41, 5.74) is 3.16. The molecule has 2 fully saturated rings. The third-order valence-electron chi connectivity index (χ3n) is 7.94. The van der Waals surface area contributed by atoms with Crippen LogP contribution in [0.2, 0.25) is 0 Å². The average Bonchev–Trinajstić information content (AvgIpc) is 2.70. The van der Waals surface area contributed by atoms with E-state index in [0.29, 0.717) is 0 Å². The van der Waals surface area contributed by atoms with Crippen LogP contribution in [0, 0.1) is 23.7 Å². The Labute approximate surface area is 169 Å². The van der Waals surface area contributed by atoms with Crippen LogP contribution in [0.4, 0.5) is 0 Å². The first-order valence-electron chi connectivity index (χ1n) is 12.3. The molecule has 2 saturated carbocycles. The Balaban J connectivity index is 1.48. The Morgan fingerprint density at radius 2 is 1.48 bits per heavy atom. The van der Waals surface area contributed by atoms with E-state index >= 15 is 0 Å². The Morgan fingerprint density at radius 3 is 2.11 bits per heavy atom. The van der Waals surface area contributed by atoms with Crippen LogP contribution in [0.25, 0.3) is 0 Å². The van der Waals surface area contributed by atoms with Crippen molar-refractivity contribution in [2.24, 2.45) is 23.7 Å². The Kier molecular flexibility index (Phi) is 8.28. The van der Waals surface area contributed by atoms with Gasteiger partial charge in [0.25, 0.3) is 0 Å². The van der Waals surface area contributed by atoms with Crippen molar-refractivity contribution < 1.29 is 0 Å². The molecule has 0 radical (unpaired) electrons. The molecule has 2 aliphatic rings. The third-order valence-corrected chi connectivity index (χ3v) is 7.94. The lowest BCUT2D eigenvalue weighted by atomic mass is 9.65. The molecule has 0 bridgehead atoms. The quantitative estimate of drug-likeness (QED) is 0.403. The fourth-order valence-corrected chi connectivity index (χ4v) is 6.23. The van der Waals surface area contributed by atoms with Gasteiger partial charge >= 0.3 is 0 Å². The van der Waals surface area contributed by atoms with Crippen LogP contribution in [0.3, 0.4) is 0 Å². The molecular formula is C27H44. The summed E-state index contributed by atoms with van der Waals surface area (Å²) in [6.07, 6.45) is 18.6. The fourth-order valence-electron chi connectivity index (χ4n) is 6.23. The molecule has 1 unspecified atom stereocenters. The predicted molar refractivity (Wildman–Crippen MR) is 119 cm³/mol. The van der Waals surface area contributed by atoms with E-state index in [1.165, 1.54) is 89.0 Å². The van der Waals surface area contributed by atoms with Crippen molar-refractivity contribution in [3.05, 3.63) is 35.4 Å². The minimum absolute atomic E-state index is 0.808. The summed E-state index contributed by atoms with van der Waals surface area (Å²) >= 11 is 0. The van der Waals surface area contributed by atoms with Crippen LogP contribution in [0.1, 0.15) is 115 Å². The summed E-state index contributed by atoms with van der Waals surface area (Å²) < 4.78 is 0.